The molecule has 18 heavy (non-hydrogen) atoms. The van der Waals surface area contributed by atoms with Crippen molar-refractivity contribution < 1.29 is 9.53 Å². The first-order chi connectivity index (χ1) is 8.86. The van der Waals surface area contributed by atoms with Crippen LogP contribution in [0.5, 0.6) is 0 Å². The molecule has 2 atom stereocenters. The Morgan fingerprint density at radius 2 is 1.94 bits per heavy atom. The molecule has 0 saturated carbocycles. The summed E-state index contributed by atoms with van der Waals surface area (Å²) in [7, 11) is 0. The summed E-state index contributed by atoms with van der Waals surface area (Å²) in [5.41, 5.74) is 0. The van der Waals surface area contributed by atoms with E-state index in [4.69, 9.17) is 4.74 Å². The molecule has 3 fully saturated rings. The fourth-order valence-electron chi connectivity index (χ4n) is 3.61. The van der Waals surface area contributed by atoms with E-state index in [2.05, 4.69) is 4.90 Å². The third-order valence-electron chi connectivity index (χ3n) is 4.60. The van der Waals surface area contributed by atoms with Crippen LogP contribution in [0.4, 0.5) is 0 Å². The molecular weight excluding hydrogens is 246 g/mol. The van der Waals surface area contributed by atoms with Crippen molar-refractivity contribution in [3.63, 3.8) is 0 Å². The number of ether oxygens (including phenoxy) is 1. The highest BCUT2D eigenvalue weighted by molar-refractivity contribution is 8.00. The number of nitrogens with zero attached hydrogens (tertiary/aromatic N) is 1. The van der Waals surface area contributed by atoms with Crippen LogP contribution in [0.1, 0.15) is 38.5 Å². The molecule has 4 heteroatoms. The monoisotopic (exact) mass is 269 g/mol. The molecule has 0 spiro atoms. The normalized spacial score (nSPS) is 34.1. The van der Waals surface area contributed by atoms with Crippen molar-refractivity contribution in [1.29, 1.82) is 0 Å². The van der Waals surface area contributed by atoms with Gasteiger partial charge in [0.1, 0.15) is 0 Å². The summed E-state index contributed by atoms with van der Waals surface area (Å²) < 4.78 is 5.45. The van der Waals surface area contributed by atoms with Crippen LogP contribution in [0.15, 0.2) is 0 Å². The highest BCUT2D eigenvalue weighted by Gasteiger charge is 2.38. The molecule has 102 valence electrons. The lowest BCUT2D eigenvalue weighted by Gasteiger charge is -2.35. The average molecular weight is 269 g/mol. The summed E-state index contributed by atoms with van der Waals surface area (Å²) in [6, 6.07) is 0.516. The SMILES string of the molecule is O=C(C1CCCS1)N1CCCC1C1CCOCC1. The zero-order valence-electron chi connectivity index (χ0n) is 11.0. The van der Waals surface area contributed by atoms with Gasteiger partial charge in [-0.05, 0) is 50.2 Å². The van der Waals surface area contributed by atoms with Gasteiger partial charge in [-0.1, -0.05) is 0 Å². The summed E-state index contributed by atoms with van der Waals surface area (Å²) in [5.74, 6) is 2.30. The Labute approximate surface area is 114 Å². The maximum atomic E-state index is 12.6. The molecule has 0 aromatic rings. The summed E-state index contributed by atoms with van der Waals surface area (Å²) in [5, 5.41) is 0.269. The molecule has 0 aromatic heterocycles. The van der Waals surface area contributed by atoms with E-state index in [-0.39, 0.29) is 5.25 Å². The number of rotatable bonds is 2. The summed E-state index contributed by atoms with van der Waals surface area (Å²) in [6.07, 6.45) is 7.02. The molecule has 0 aromatic carbocycles. The Balaban J connectivity index is 1.64. The Kier molecular flexibility index (Phi) is 4.14. The summed E-state index contributed by atoms with van der Waals surface area (Å²) in [6.45, 7) is 2.78. The first-order valence-corrected chi connectivity index (χ1v) is 8.41. The van der Waals surface area contributed by atoms with E-state index in [0.29, 0.717) is 17.9 Å². The van der Waals surface area contributed by atoms with Gasteiger partial charge in [-0.3, -0.25) is 4.79 Å². The second-order valence-corrected chi connectivity index (χ2v) is 7.00. The fraction of sp³-hybridized carbons (Fsp3) is 0.929. The van der Waals surface area contributed by atoms with Gasteiger partial charge in [0.05, 0.1) is 5.25 Å². The molecule has 3 nitrogen and oxygen atoms in total. The Morgan fingerprint density at radius 1 is 1.11 bits per heavy atom. The lowest BCUT2D eigenvalue weighted by molar-refractivity contribution is -0.133. The van der Waals surface area contributed by atoms with Crippen molar-refractivity contribution in [3.8, 4) is 0 Å². The van der Waals surface area contributed by atoms with Crippen LogP contribution >= 0.6 is 11.8 Å². The van der Waals surface area contributed by atoms with Gasteiger partial charge in [-0.2, -0.15) is 0 Å². The van der Waals surface area contributed by atoms with Gasteiger partial charge in [0.2, 0.25) is 5.91 Å². The van der Waals surface area contributed by atoms with Crippen LogP contribution < -0.4 is 0 Å². The van der Waals surface area contributed by atoms with Gasteiger partial charge >= 0.3 is 0 Å². The zero-order valence-corrected chi connectivity index (χ0v) is 11.8. The lowest BCUT2D eigenvalue weighted by Crippen LogP contribution is -2.45. The van der Waals surface area contributed by atoms with Crippen LogP contribution in [0.25, 0.3) is 0 Å². The van der Waals surface area contributed by atoms with Crippen molar-refractivity contribution in [1.82, 2.24) is 4.90 Å². The van der Waals surface area contributed by atoms with Gasteiger partial charge in [0, 0.05) is 25.8 Å². The second-order valence-electron chi connectivity index (χ2n) is 5.69. The van der Waals surface area contributed by atoms with E-state index in [9.17, 15) is 4.79 Å². The van der Waals surface area contributed by atoms with Crippen molar-refractivity contribution >= 4 is 17.7 Å². The van der Waals surface area contributed by atoms with Crippen LogP contribution in [0, 0.1) is 5.92 Å². The van der Waals surface area contributed by atoms with Crippen molar-refractivity contribution in [2.75, 3.05) is 25.5 Å². The number of hydrogen-bond acceptors (Lipinski definition) is 3. The van der Waals surface area contributed by atoms with Gasteiger partial charge in [-0.15, -0.1) is 11.8 Å². The van der Waals surface area contributed by atoms with E-state index in [1.807, 2.05) is 11.8 Å². The molecule has 0 radical (unpaired) electrons. The first kappa shape index (κ1) is 12.8. The fourth-order valence-corrected chi connectivity index (χ4v) is 4.84. The third kappa shape index (κ3) is 2.55. The molecule has 0 bridgehead atoms. The predicted octanol–water partition coefficient (Wildman–Crippen LogP) is 2.30. The summed E-state index contributed by atoms with van der Waals surface area (Å²) in [4.78, 5) is 14.8. The van der Waals surface area contributed by atoms with Crippen LogP contribution in [-0.2, 0) is 9.53 Å². The highest BCUT2D eigenvalue weighted by Crippen LogP contribution is 2.34. The smallest absolute Gasteiger partial charge is 0.235 e. The van der Waals surface area contributed by atoms with E-state index < -0.39 is 0 Å². The molecule has 2 unspecified atom stereocenters. The number of hydrogen-bond donors (Lipinski definition) is 0. The quantitative estimate of drug-likeness (QED) is 0.770. The third-order valence-corrected chi connectivity index (χ3v) is 5.96. The Bertz CT molecular complexity index is 298. The van der Waals surface area contributed by atoms with Crippen molar-refractivity contribution in [2.24, 2.45) is 5.92 Å². The molecular formula is C14H23NO2S. The average Bonchev–Trinajstić information content (AvgIpc) is 3.10. The largest absolute Gasteiger partial charge is 0.381 e. The highest BCUT2D eigenvalue weighted by atomic mass is 32.2. The van der Waals surface area contributed by atoms with E-state index in [0.717, 1.165) is 39.0 Å². The molecule has 3 aliphatic heterocycles. The Hall–Kier alpha value is -0.220. The Morgan fingerprint density at radius 3 is 2.67 bits per heavy atom. The number of carbonyl (C=O) groups excluding carboxylic acids is 1. The second kappa shape index (κ2) is 5.83. The van der Waals surface area contributed by atoms with Gasteiger partial charge in [0.15, 0.2) is 0 Å². The van der Waals surface area contributed by atoms with Crippen LogP contribution in [0.3, 0.4) is 0 Å². The lowest BCUT2D eigenvalue weighted by atomic mass is 9.90. The maximum absolute atomic E-state index is 12.6. The molecule has 1 amide bonds. The zero-order chi connectivity index (χ0) is 12.4. The number of thioether (sulfide) groups is 1. The number of carbonyl (C=O) groups is 1. The van der Waals surface area contributed by atoms with Gasteiger partial charge < -0.3 is 9.64 Å². The van der Waals surface area contributed by atoms with Crippen molar-refractivity contribution in [2.45, 2.75) is 49.8 Å². The predicted molar refractivity (Wildman–Crippen MR) is 73.8 cm³/mol. The van der Waals surface area contributed by atoms with Gasteiger partial charge in [-0.25, -0.2) is 0 Å². The van der Waals surface area contributed by atoms with Crippen LogP contribution in [-0.4, -0.2) is 47.6 Å². The standard InChI is InChI=1S/C14H23NO2S/c16-14(13-4-2-10-18-13)15-7-1-3-12(15)11-5-8-17-9-6-11/h11-13H,1-10H2. The molecule has 3 saturated heterocycles. The molecule has 3 aliphatic rings. The summed E-state index contributed by atoms with van der Waals surface area (Å²) >= 11 is 1.87. The molecule has 0 aliphatic carbocycles. The number of likely N-dealkylation sites (tertiary alicyclic amines) is 1. The van der Waals surface area contributed by atoms with E-state index in [1.54, 1.807) is 0 Å². The minimum atomic E-state index is 0.269. The maximum Gasteiger partial charge on any atom is 0.235 e. The van der Waals surface area contributed by atoms with E-state index >= 15 is 0 Å². The minimum Gasteiger partial charge on any atom is -0.381 e. The first-order valence-electron chi connectivity index (χ1n) is 7.36. The minimum absolute atomic E-state index is 0.269. The molecule has 3 heterocycles. The van der Waals surface area contributed by atoms with Crippen molar-refractivity contribution in [3.05, 3.63) is 0 Å². The van der Waals surface area contributed by atoms with Crippen LogP contribution in [0.2, 0.25) is 0 Å². The number of amides is 1. The van der Waals surface area contributed by atoms with Gasteiger partial charge in [0.25, 0.3) is 0 Å². The topological polar surface area (TPSA) is 29.5 Å². The molecule has 0 N–H and O–H groups in total. The molecule has 3 rings (SSSR count). The van der Waals surface area contributed by atoms with E-state index in [1.165, 1.54) is 25.0 Å².